The van der Waals surface area contributed by atoms with Crippen LogP contribution in [0.15, 0.2) is 48.5 Å². The summed E-state index contributed by atoms with van der Waals surface area (Å²) in [5.74, 6) is -0.0128. The summed E-state index contributed by atoms with van der Waals surface area (Å²) in [6.07, 6.45) is 0. The van der Waals surface area contributed by atoms with Gasteiger partial charge in [0.2, 0.25) is 0 Å². The molecule has 2 rings (SSSR count). The van der Waals surface area contributed by atoms with Crippen molar-refractivity contribution in [3.05, 3.63) is 64.7 Å². The van der Waals surface area contributed by atoms with E-state index in [2.05, 4.69) is 0 Å². The number of carbonyl (C=O) groups is 1. The van der Waals surface area contributed by atoms with Crippen LogP contribution in [0.3, 0.4) is 0 Å². The van der Waals surface area contributed by atoms with Crippen LogP contribution < -0.4 is 4.90 Å². The van der Waals surface area contributed by atoms with Crippen molar-refractivity contribution in [3.63, 3.8) is 0 Å². The van der Waals surface area contributed by atoms with Crippen LogP contribution in [0, 0.1) is 0 Å². The molecule has 0 unspecified atom stereocenters. The predicted octanol–water partition coefficient (Wildman–Crippen LogP) is 3.64. The van der Waals surface area contributed by atoms with Gasteiger partial charge < -0.3 is 4.90 Å². The molecule has 18 heavy (non-hydrogen) atoms. The summed E-state index contributed by atoms with van der Waals surface area (Å²) in [7, 11) is 3.89. The minimum Gasteiger partial charge on any atom is -0.378 e. The van der Waals surface area contributed by atoms with E-state index in [1.807, 2.05) is 43.3 Å². The Morgan fingerprint density at radius 2 is 1.61 bits per heavy atom. The molecule has 2 nitrogen and oxygen atoms in total. The van der Waals surface area contributed by atoms with E-state index in [-0.39, 0.29) is 5.78 Å². The molecule has 2 aromatic rings. The fourth-order valence-electron chi connectivity index (χ4n) is 1.72. The lowest BCUT2D eigenvalue weighted by Gasteiger charge is -2.13. The van der Waals surface area contributed by atoms with Crippen molar-refractivity contribution in [2.45, 2.75) is 0 Å². The largest absolute Gasteiger partial charge is 0.378 e. The molecule has 2 aromatic carbocycles. The van der Waals surface area contributed by atoms with Gasteiger partial charge in [0.25, 0.3) is 0 Å². The third-order valence-electron chi connectivity index (χ3n) is 2.71. The van der Waals surface area contributed by atoms with Gasteiger partial charge in [-0.1, -0.05) is 35.9 Å². The average molecular weight is 260 g/mol. The first-order chi connectivity index (χ1) is 8.58. The summed E-state index contributed by atoms with van der Waals surface area (Å²) in [5.41, 5.74) is 2.28. The van der Waals surface area contributed by atoms with Crippen molar-refractivity contribution in [1.82, 2.24) is 0 Å². The highest BCUT2D eigenvalue weighted by molar-refractivity contribution is 6.31. The zero-order chi connectivity index (χ0) is 13.1. The fourth-order valence-corrected chi connectivity index (χ4v) is 1.91. The van der Waals surface area contributed by atoms with Gasteiger partial charge in [-0.2, -0.15) is 0 Å². The van der Waals surface area contributed by atoms with E-state index in [0.29, 0.717) is 16.1 Å². The van der Waals surface area contributed by atoms with Crippen LogP contribution in [0.2, 0.25) is 5.02 Å². The molecule has 0 spiro atoms. The van der Waals surface area contributed by atoms with Gasteiger partial charge in [-0.15, -0.1) is 0 Å². The Bertz CT molecular complexity index is 578. The Morgan fingerprint density at radius 1 is 1.00 bits per heavy atom. The molecule has 0 fully saturated rings. The van der Waals surface area contributed by atoms with E-state index in [1.54, 1.807) is 24.3 Å². The van der Waals surface area contributed by atoms with Crippen LogP contribution in [-0.2, 0) is 0 Å². The maximum Gasteiger partial charge on any atom is 0.193 e. The minimum absolute atomic E-state index is 0.0128. The van der Waals surface area contributed by atoms with Crippen molar-refractivity contribution in [2.24, 2.45) is 0 Å². The number of anilines is 1. The van der Waals surface area contributed by atoms with E-state index in [0.717, 1.165) is 5.69 Å². The molecular formula is C15H14ClNO. The van der Waals surface area contributed by atoms with Crippen molar-refractivity contribution in [3.8, 4) is 0 Å². The Kier molecular flexibility index (Phi) is 3.68. The Morgan fingerprint density at radius 3 is 2.22 bits per heavy atom. The zero-order valence-electron chi connectivity index (χ0n) is 10.4. The molecule has 0 heterocycles. The van der Waals surface area contributed by atoms with Crippen LogP contribution in [0.5, 0.6) is 0 Å². The third-order valence-corrected chi connectivity index (χ3v) is 2.95. The Hall–Kier alpha value is -1.80. The molecule has 0 radical (unpaired) electrons. The fraction of sp³-hybridized carbons (Fsp3) is 0.133. The van der Waals surface area contributed by atoms with Crippen molar-refractivity contribution >= 4 is 23.1 Å². The summed E-state index contributed by atoms with van der Waals surface area (Å²) in [4.78, 5) is 14.3. The second-order valence-corrected chi connectivity index (χ2v) is 4.72. The maximum atomic E-state index is 12.3. The van der Waals surface area contributed by atoms with E-state index >= 15 is 0 Å². The van der Waals surface area contributed by atoms with E-state index in [1.165, 1.54) is 0 Å². The predicted molar refractivity (Wildman–Crippen MR) is 75.7 cm³/mol. The first-order valence-corrected chi connectivity index (χ1v) is 6.03. The van der Waals surface area contributed by atoms with E-state index in [4.69, 9.17) is 11.6 Å². The monoisotopic (exact) mass is 259 g/mol. The highest BCUT2D eigenvalue weighted by atomic mass is 35.5. The molecule has 0 saturated carbocycles. The molecule has 0 bridgehead atoms. The quantitative estimate of drug-likeness (QED) is 0.785. The number of hydrogen-bond donors (Lipinski definition) is 0. The molecular weight excluding hydrogens is 246 g/mol. The first kappa shape index (κ1) is 12.7. The standard InChI is InChI=1S/C15H14ClNO/c1-17(2)14-8-4-6-12(10-14)15(18)11-5-3-7-13(16)9-11/h3-10H,1-2H3. The van der Waals surface area contributed by atoms with Gasteiger partial charge in [-0.25, -0.2) is 0 Å². The highest BCUT2D eigenvalue weighted by Gasteiger charge is 2.10. The number of nitrogens with zero attached hydrogens (tertiary/aromatic N) is 1. The summed E-state index contributed by atoms with van der Waals surface area (Å²) in [6, 6.07) is 14.5. The van der Waals surface area contributed by atoms with Gasteiger partial charge in [0.15, 0.2) is 5.78 Å². The van der Waals surface area contributed by atoms with Gasteiger partial charge in [0, 0.05) is 35.9 Å². The molecule has 0 aromatic heterocycles. The average Bonchev–Trinajstić information content (AvgIpc) is 2.38. The van der Waals surface area contributed by atoms with Crippen LogP contribution in [0.1, 0.15) is 15.9 Å². The first-order valence-electron chi connectivity index (χ1n) is 5.65. The van der Waals surface area contributed by atoms with Crippen molar-refractivity contribution < 1.29 is 4.79 Å². The van der Waals surface area contributed by atoms with E-state index in [9.17, 15) is 4.79 Å². The van der Waals surface area contributed by atoms with Crippen LogP contribution in [0.4, 0.5) is 5.69 Å². The van der Waals surface area contributed by atoms with Crippen LogP contribution >= 0.6 is 11.6 Å². The summed E-state index contributed by atoms with van der Waals surface area (Å²) < 4.78 is 0. The molecule has 0 amide bonds. The minimum atomic E-state index is -0.0128. The lowest BCUT2D eigenvalue weighted by molar-refractivity contribution is 0.103. The summed E-state index contributed by atoms with van der Waals surface area (Å²) >= 11 is 5.90. The Labute approximate surface area is 112 Å². The number of benzene rings is 2. The highest BCUT2D eigenvalue weighted by Crippen LogP contribution is 2.18. The van der Waals surface area contributed by atoms with Crippen LogP contribution in [0.25, 0.3) is 0 Å². The normalized spacial score (nSPS) is 10.2. The molecule has 0 aliphatic rings. The van der Waals surface area contributed by atoms with Gasteiger partial charge in [0.1, 0.15) is 0 Å². The lowest BCUT2D eigenvalue weighted by Crippen LogP contribution is -2.10. The molecule has 0 aliphatic carbocycles. The topological polar surface area (TPSA) is 20.3 Å². The van der Waals surface area contributed by atoms with Crippen LogP contribution in [-0.4, -0.2) is 19.9 Å². The smallest absolute Gasteiger partial charge is 0.193 e. The second-order valence-electron chi connectivity index (χ2n) is 4.28. The van der Waals surface area contributed by atoms with Gasteiger partial charge in [-0.3, -0.25) is 4.79 Å². The summed E-state index contributed by atoms with van der Waals surface area (Å²) in [6.45, 7) is 0. The number of hydrogen-bond acceptors (Lipinski definition) is 2. The molecule has 0 N–H and O–H groups in total. The number of rotatable bonds is 3. The van der Waals surface area contributed by atoms with Gasteiger partial charge >= 0.3 is 0 Å². The molecule has 3 heteroatoms. The number of ketones is 1. The summed E-state index contributed by atoms with van der Waals surface area (Å²) in [5, 5.41) is 0.574. The lowest BCUT2D eigenvalue weighted by atomic mass is 10.0. The number of carbonyl (C=O) groups excluding carboxylic acids is 1. The van der Waals surface area contributed by atoms with Gasteiger partial charge in [-0.05, 0) is 24.3 Å². The number of halogens is 1. The van der Waals surface area contributed by atoms with Crippen molar-refractivity contribution in [2.75, 3.05) is 19.0 Å². The molecule has 0 atom stereocenters. The zero-order valence-corrected chi connectivity index (χ0v) is 11.1. The van der Waals surface area contributed by atoms with E-state index < -0.39 is 0 Å². The van der Waals surface area contributed by atoms with Gasteiger partial charge in [0.05, 0.1) is 0 Å². The Balaban J connectivity index is 2.37. The molecule has 0 saturated heterocycles. The maximum absolute atomic E-state index is 12.3. The third kappa shape index (κ3) is 2.71. The van der Waals surface area contributed by atoms with Crippen molar-refractivity contribution in [1.29, 1.82) is 0 Å². The second kappa shape index (κ2) is 5.23. The SMILES string of the molecule is CN(C)c1cccc(C(=O)c2cccc(Cl)c2)c1. The molecule has 0 aliphatic heterocycles. The molecule has 92 valence electrons.